The Hall–Kier alpha value is -5.60. The molecule has 5 aromatic carbocycles. The van der Waals surface area contributed by atoms with Crippen molar-refractivity contribution in [2.45, 2.75) is 39.8 Å². The van der Waals surface area contributed by atoms with Gasteiger partial charge < -0.3 is 14.6 Å². The normalized spacial score (nSPS) is 11.8. The number of aryl methyl sites for hydroxylation is 1. The lowest BCUT2D eigenvalue weighted by Crippen LogP contribution is -2.13. The van der Waals surface area contributed by atoms with Crippen molar-refractivity contribution in [1.82, 2.24) is 14.5 Å². The van der Waals surface area contributed by atoms with E-state index in [-0.39, 0.29) is 24.2 Å². The number of rotatable bonds is 10. The van der Waals surface area contributed by atoms with Crippen LogP contribution in [-0.2, 0) is 11.4 Å². The summed E-state index contributed by atoms with van der Waals surface area (Å²) in [7, 11) is 0. The number of nitrogens with zero attached hydrogens (tertiary/aromatic N) is 3. The Bertz CT molecular complexity index is 2290. The molecule has 0 fully saturated rings. The number of aromatic nitrogens is 3. The second kappa shape index (κ2) is 13.9. The number of halogens is 1. The van der Waals surface area contributed by atoms with E-state index in [9.17, 15) is 9.18 Å². The Morgan fingerprint density at radius 2 is 1.71 bits per heavy atom. The van der Waals surface area contributed by atoms with E-state index in [1.807, 2.05) is 110 Å². The molecule has 0 bridgehead atoms. The van der Waals surface area contributed by atoms with Crippen molar-refractivity contribution in [3.8, 4) is 17.1 Å². The lowest BCUT2D eigenvalue weighted by Gasteiger charge is -2.15. The quantitative estimate of drug-likeness (QED) is 0.158. The second-order valence-corrected chi connectivity index (χ2v) is 13.3. The first kappa shape index (κ1) is 32.0. The molecule has 1 amide bonds. The maximum absolute atomic E-state index is 14.0. The van der Waals surface area contributed by atoms with Gasteiger partial charge in [-0.2, -0.15) is 0 Å². The van der Waals surface area contributed by atoms with Gasteiger partial charge >= 0.3 is 0 Å². The Balaban J connectivity index is 1.15. The molecule has 0 aliphatic carbocycles. The van der Waals surface area contributed by atoms with Crippen molar-refractivity contribution in [2.24, 2.45) is 0 Å². The zero-order valence-corrected chi connectivity index (χ0v) is 28.3. The minimum absolute atomic E-state index is 0.119. The summed E-state index contributed by atoms with van der Waals surface area (Å²) in [6, 6.07) is 36.6. The van der Waals surface area contributed by atoms with Gasteiger partial charge in [-0.05, 0) is 104 Å². The number of fused-ring (bicyclic) bond motifs is 2. The summed E-state index contributed by atoms with van der Waals surface area (Å²) in [6.07, 6.45) is 2.15. The van der Waals surface area contributed by atoms with Crippen molar-refractivity contribution in [1.29, 1.82) is 0 Å². The van der Waals surface area contributed by atoms with Crippen molar-refractivity contribution >= 4 is 55.8 Å². The highest BCUT2D eigenvalue weighted by molar-refractivity contribution is 7.19. The molecular weight excluding hydrogens is 632 g/mol. The van der Waals surface area contributed by atoms with Crippen molar-refractivity contribution in [3.63, 3.8) is 0 Å². The van der Waals surface area contributed by atoms with Crippen LogP contribution in [0.15, 0.2) is 115 Å². The largest absolute Gasteiger partial charge is 0.489 e. The van der Waals surface area contributed by atoms with E-state index in [2.05, 4.69) is 23.7 Å². The summed E-state index contributed by atoms with van der Waals surface area (Å²) >= 11 is 1.57. The van der Waals surface area contributed by atoms with Gasteiger partial charge in [-0.1, -0.05) is 54.6 Å². The number of nitrogens with one attached hydrogen (secondary N) is 1. The number of anilines is 1. The molecular formula is C41H35FN4O2S. The summed E-state index contributed by atoms with van der Waals surface area (Å²) in [5.41, 5.74) is 7.71. The Morgan fingerprint density at radius 1 is 0.898 bits per heavy atom. The Morgan fingerprint density at radius 3 is 2.51 bits per heavy atom. The molecule has 0 saturated heterocycles. The third-order valence-electron chi connectivity index (χ3n) is 8.29. The predicted octanol–water partition coefficient (Wildman–Crippen LogP) is 10.5. The van der Waals surface area contributed by atoms with Gasteiger partial charge in [0, 0.05) is 23.4 Å². The predicted molar refractivity (Wildman–Crippen MR) is 198 cm³/mol. The first-order valence-corrected chi connectivity index (χ1v) is 17.0. The van der Waals surface area contributed by atoms with Gasteiger partial charge in [0.05, 0.1) is 27.7 Å². The van der Waals surface area contributed by atoms with Gasteiger partial charge in [0.15, 0.2) is 0 Å². The van der Waals surface area contributed by atoms with Crippen LogP contribution in [0, 0.1) is 12.7 Å². The smallest absolute Gasteiger partial charge is 0.228 e. The molecule has 49 heavy (non-hydrogen) atoms. The van der Waals surface area contributed by atoms with E-state index in [0.29, 0.717) is 17.8 Å². The average molecular weight is 667 g/mol. The third kappa shape index (κ3) is 7.15. The third-order valence-corrected chi connectivity index (χ3v) is 9.41. The summed E-state index contributed by atoms with van der Waals surface area (Å²) in [4.78, 5) is 23.3. The van der Waals surface area contributed by atoms with Crippen LogP contribution in [-0.4, -0.2) is 20.4 Å². The van der Waals surface area contributed by atoms with E-state index in [1.165, 1.54) is 12.1 Å². The number of thiazole rings is 1. The van der Waals surface area contributed by atoms with Crippen molar-refractivity contribution < 1.29 is 13.9 Å². The monoisotopic (exact) mass is 666 g/mol. The van der Waals surface area contributed by atoms with Gasteiger partial charge in [0.2, 0.25) is 5.91 Å². The van der Waals surface area contributed by atoms with Crippen LogP contribution in [0.5, 0.6) is 5.75 Å². The molecule has 0 radical (unpaired) electrons. The van der Waals surface area contributed by atoms with Crippen LogP contribution in [0.3, 0.4) is 0 Å². The average Bonchev–Trinajstić information content (AvgIpc) is 3.71. The van der Waals surface area contributed by atoms with Crippen LogP contribution >= 0.6 is 11.3 Å². The van der Waals surface area contributed by atoms with Gasteiger partial charge in [0.25, 0.3) is 0 Å². The first-order valence-electron chi connectivity index (χ1n) is 16.2. The van der Waals surface area contributed by atoms with E-state index in [4.69, 9.17) is 14.7 Å². The molecule has 0 aliphatic heterocycles. The molecule has 0 aliphatic rings. The highest BCUT2D eigenvalue weighted by Crippen LogP contribution is 2.33. The molecule has 8 heteroatoms. The van der Waals surface area contributed by atoms with Crippen molar-refractivity contribution in [3.05, 3.63) is 143 Å². The molecule has 6 nitrogen and oxygen atoms in total. The standard InChI is InChI=1S/C41H35FN4O2S/c1-26(2)46-37-19-17-32(42)24-36(37)44-40(46)30-16-18-34(27(3)20-30)43-39(47)23-31(41-45-35-14-7-8-15-38(35)49-41)21-29-12-9-13-33(22-29)48-25-28-10-5-4-6-11-28/h4-22,24,26H,23,25H2,1-3H3,(H,43,47)/b31-21-. The lowest BCUT2D eigenvalue weighted by molar-refractivity contribution is -0.115. The molecule has 7 rings (SSSR count). The lowest BCUT2D eigenvalue weighted by atomic mass is 10.1. The zero-order valence-electron chi connectivity index (χ0n) is 27.5. The van der Waals surface area contributed by atoms with Gasteiger partial charge in [0.1, 0.15) is 29.0 Å². The maximum atomic E-state index is 14.0. The fraction of sp³-hybridized carbons (Fsp3) is 0.146. The first-order chi connectivity index (χ1) is 23.8. The summed E-state index contributed by atoms with van der Waals surface area (Å²) in [5, 5.41) is 3.92. The highest BCUT2D eigenvalue weighted by Gasteiger charge is 2.18. The van der Waals surface area contributed by atoms with E-state index >= 15 is 0 Å². The molecule has 2 aromatic heterocycles. The maximum Gasteiger partial charge on any atom is 0.228 e. The number of carbonyl (C=O) groups is 1. The van der Waals surface area contributed by atoms with Crippen LogP contribution in [0.1, 0.15) is 48.0 Å². The zero-order chi connectivity index (χ0) is 33.9. The number of hydrogen-bond acceptors (Lipinski definition) is 5. The molecule has 244 valence electrons. The topological polar surface area (TPSA) is 69.0 Å². The van der Waals surface area contributed by atoms with Gasteiger partial charge in [-0.3, -0.25) is 4.79 Å². The number of hydrogen-bond donors (Lipinski definition) is 1. The fourth-order valence-electron chi connectivity index (χ4n) is 5.94. The summed E-state index contributed by atoms with van der Waals surface area (Å²) < 4.78 is 23.3. The minimum atomic E-state index is -0.315. The van der Waals surface area contributed by atoms with E-state index in [0.717, 1.165) is 60.1 Å². The number of para-hydroxylation sites is 1. The number of amides is 1. The summed E-state index contributed by atoms with van der Waals surface area (Å²) in [5.74, 6) is 1.04. The fourth-order valence-corrected chi connectivity index (χ4v) is 6.92. The van der Waals surface area contributed by atoms with Crippen molar-refractivity contribution in [2.75, 3.05) is 5.32 Å². The Labute approximate surface area is 288 Å². The molecule has 0 spiro atoms. The molecule has 7 aromatic rings. The van der Waals surface area contributed by atoms with E-state index in [1.54, 1.807) is 17.4 Å². The molecule has 2 heterocycles. The second-order valence-electron chi connectivity index (χ2n) is 12.3. The summed E-state index contributed by atoms with van der Waals surface area (Å²) in [6.45, 7) is 6.60. The molecule has 0 unspecified atom stereocenters. The van der Waals surface area contributed by atoms with Crippen LogP contribution < -0.4 is 10.1 Å². The number of ether oxygens (including phenoxy) is 1. The SMILES string of the molecule is Cc1cc(-c2nc3cc(F)ccc3n2C(C)C)ccc1NC(=O)C/C(=C/c1cccc(OCc2ccccc2)c1)c1nc2ccccc2s1. The number of carbonyl (C=O) groups excluding carboxylic acids is 1. The minimum Gasteiger partial charge on any atom is -0.489 e. The van der Waals surface area contributed by atoms with Gasteiger partial charge in [-0.15, -0.1) is 11.3 Å². The van der Waals surface area contributed by atoms with Gasteiger partial charge in [-0.25, -0.2) is 14.4 Å². The van der Waals surface area contributed by atoms with Crippen LogP contribution in [0.2, 0.25) is 0 Å². The molecule has 0 saturated carbocycles. The van der Waals surface area contributed by atoms with Crippen LogP contribution in [0.25, 0.3) is 44.3 Å². The molecule has 0 atom stereocenters. The Kier molecular flexibility index (Phi) is 9.05. The number of benzene rings is 5. The number of imidazole rings is 1. The van der Waals surface area contributed by atoms with E-state index < -0.39 is 0 Å². The highest BCUT2D eigenvalue weighted by atomic mass is 32.1. The van der Waals surface area contributed by atoms with Crippen LogP contribution in [0.4, 0.5) is 10.1 Å². The molecule has 1 N–H and O–H groups in total.